The molecule has 5 N–H and O–H groups in total. The summed E-state index contributed by atoms with van der Waals surface area (Å²) in [5.41, 5.74) is 0.336. The fourth-order valence-corrected chi connectivity index (χ4v) is 4.92. The molecule has 1 spiro atoms. The summed E-state index contributed by atoms with van der Waals surface area (Å²) in [6.07, 6.45) is 0. The summed E-state index contributed by atoms with van der Waals surface area (Å²) >= 11 is 3.48. The van der Waals surface area contributed by atoms with Gasteiger partial charge in [0, 0.05) is 21.3 Å². The first-order chi connectivity index (χ1) is 15.0. The van der Waals surface area contributed by atoms with Crippen molar-refractivity contribution in [3.63, 3.8) is 0 Å². The molecule has 1 atom stereocenters. The quantitative estimate of drug-likeness (QED) is 0.287. The molecule has 2 aliphatic heterocycles. The molecule has 1 unspecified atom stereocenters. The maximum Gasteiger partial charge on any atom is 0.327 e. The van der Waals surface area contributed by atoms with E-state index in [0.29, 0.717) is 28.3 Å². The van der Waals surface area contributed by atoms with E-state index in [9.17, 15) is 14.4 Å². The Hall–Kier alpha value is -3.92. The van der Waals surface area contributed by atoms with Gasteiger partial charge in [-0.25, -0.2) is 4.79 Å². The number of hydrogen-bond acceptors (Lipinski definition) is 5. The zero-order valence-corrected chi connectivity index (χ0v) is 17.3. The Kier molecular flexibility index (Phi) is 3.49. The third kappa shape index (κ3) is 2.24. The van der Waals surface area contributed by atoms with E-state index in [1.807, 2.05) is 36.4 Å². The monoisotopic (exact) mass is 476 g/mol. The van der Waals surface area contributed by atoms with Gasteiger partial charge in [-0.3, -0.25) is 24.7 Å². The van der Waals surface area contributed by atoms with Crippen molar-refractivity contribution in [3.05, 3.63) is 90.5 Å². The number of nitrogens with zero attached hydrogens (tertiary/aromatic N) is 1. The largest absolute Gasteiger partial charge is 0.327 e. The maximum atomic E-state index is 13.7. The molecule has 0 aliphatic carbocycles. The second kappa shape index (κ2) is 6.05. The van der Waals surface area contributed by atoms with Gasteiger partial charge in [0.05, 0.1) is 11.3 Å². The number of benzene rings is 2. The van der Waals surface area contributed by atoms with Crippen molar-refractivity contribution in [2.75, 3.05) is 10.6 Å². The number of rotatable bonds is 1. The number of hydrogen-bond donors (Lipinski definition) is 5. The van der Waals surface area contributed by atoms with Crippen LogP contribution in [0.15, 0.2) is 62.6 Å². The number of carbonyl (C=O) groups excluding carboxylic acids is 1. The molecule has 4 heterocycles. The van der Waals surface area contributed by atoms with Gasteiger partial charge in [0.1, 0.15) is 11.2 Å². The summed E-state index contributed by atoms with van der Waals surface area (Å²) in [6, 6.07) is 14.8. The minimum Gasteiger partial charge on any atom is -0.324 e. The van der Waals surface area contributed by atoms with Crippen molar-refractivity contribution in [1.29, 1.82) is 0 Å². The first kappa shape index (κ1) is 17.9. The summed E-state index contributed by atoms with van der Waals surface area (Å²) in [7, 11) is 0. The van der Waals surface area contributed by atoms with Gasteiger partial charge in [-0.15, -0.1) is 0 Å². The van der Waals surface area contributed by atoms with Crippen LogP contribution >= 0.6 is 15.9 Å². The van der Waals surface area contributed by atoms with Crippen LogP contribution in [0.25, 0.3) is 11.3 Å². The molecule has 6 rings (SSSR count). The topological polar surface area (TPSA) is 136 Å². The van der Waals surface area contributed by atoms with Crippen molar-refractivity contribution in [3.8, 4) is 11.3 Å². The second-order valence-corrected chi connectivity index (χ2v) is 8.28. The molecule has 9 nitrogen and oxygen atoms in total. The number of nitrogens with one attached hydrogen (secondary N) is 5. The smallest absolute Gasteiger partial charge is 0.324 e. The summed E-state index contributed by atoms with van der Waals surface area (Å²) < 4.78 is 0.745. The average Bonchev–Trinajstić information content (AvgIpc) is 3.28. The van der Waals surface area contributed by atoms with Gasteiger partial charge in [0.25, 0.3) is 5.56 Å². The molecular weight excluding hydrogens is 464 g/mol. The van der Waals surface area contributed by atoms with E-state index >= 15 is 0 Å². The first-order valence-corrected chi connectivity index (χ1v) is 10.2. The standard InChI is InChI=1S/C21H13BrN6O3/c22-10-6-7-12-11(8-10)21(19(30)23-12)13-15(9-4-2-1-3-5-9)27-28-17(13)24-16-14(21)18(29)26-20(31)25-16/h1-8H,(H,23,30)(H4,24,25,26,27,28,29,31). The third-order valence-electron chi connectivity index (χ3n) is 5.74. The second-order valence-electron chi connectivity index (χ2n) is 7.37. The van der Waals surface area contributed by atoms with Crippen LogP contribution in [0, 0.1) is 0 Å². The number of H-pyrrole nitrogens is 3. The molecule has 0 fully saturated rings. The first-order valence-electron chi connectivity index (χ1n) is 9.40. The predicted octanol–water partition coefficient (Wildman–Crippen LogP) is 2.56. The van der Waals surface area contributed by atoms with Crippen LogP contribution in [-0.2, 0) is 10.2 Å². The molecular formula is C21H13BrN6O3. The van der Waals surface area contributed by atoms with Crippen LogP contribution in [0.5, 0.6) is 0 Å². The van der Waals surface area contributed by atoms with Crippen molar-refractivity contribution in [1.82, 2.24) is 20.2 Å². The van der Waals surface area contributed by atoms with Crippen molar-refractivity contribution < 1.29 is 4.79 Å². The Morgan fingerprint density at radius 1 is 0.903 bits per heavy atom. The van der Waals surface area contributed by atoms with E-state index in [4.69, 9.17) is 0 Å². The number of aromatic nitrogens is 4. The molecule has 0 bridgehead atoms. The van der Waals surface area contributed by atoms with Crippen LogP contribution in [-0.4, -0.2) is 26.1 Å². The molecule has 0 radical (unpaired) electrons. The number of anilines is 3. The van der Waals surface area contributed by atoms with E-state index in [1.165, 1.54) is 0 Å². The molecule has 1 amide bonds. The van der Waals surface area contributed by atoms with Crippen LogP contribution < -0.4 is 21.9 Å². The lowest BCUT2D eigenvalue weighted by Crippen LogP contribution is -2.46. The van der Waals surface area contributed by atoms with Gasteiger partial charge in [-0.05, 0) is 23.8 Å². The minimum atomic E-state index is -1.52. The molecule has 0 saturated carbocycles. The fourth-order valence-electron chi connectivity index (χ4n) is 4.56. The zero-order valence-electron chi connectivity index (χ0n) is 15.7. The van der Waals surface area contributed by atoms with E-state index in [0.717, 1.165) is 10.0 Å². The number of aromatic amines is 3. The van der Waals surface area contributed by atoms with Crippen molar-refractivity contribution >= 4 is 39.2 Å². The Morgan fingerprint density at radius 2 is 1.71 bits per heavy atom. The molecule has 2 aliphatic rings. The third-order valence-corrected chi connectivity index (χ3v) is 6.23. The van der Waals surface area contributed by atoms with Gasteiger partial charge in [0.15, 0.2) is 5.82 Å². The average molecular weight is 477 g/mol. The van der Waals surface area contributed by atoms with Gasteiger partial charge in [-0.1, -0.05) is 46.3 Å². The normalized spacial score (nSPS) is 18.2. The van der Waals surface area contributed by atoms with Gasteiger partial charge >= 0.3 is 5.69 Å². The van der Waals surface area contributed by atoms with Crippen LogP contribution in [0.3, 0.4) is 0 Å². The zero-order chi connectivity index (χ0) is 21.3. The van der Waals surface area contributed by atoms with E-state index < -0.39 is 22.6 Å². The Bertz CT molecular complexity index is 1520. The van der Waals surface area contributed by atoms with Gasteiger partial charge < -0.3 is 10.6 Å². The lowest BCUT2D eigenvalue weighted by atomic mass is 9.68. The highest BCUT2D eigenvalue weighted by Gasteiger charge is 2.58. The van der Waals surface area contributed by atoms with Crippen molar-refractivity contribution in [2.24, 2.45) is 0 Å². The Morgan fingerprint density at radius 3 is 2.52 bits per heavy atom. The molecule has 0 saturated heterocycles. The molecule has 2 aromatic carbocycles. The summed E-state index contributed by atoms with van der Waals surface area (Å²) in [4.78, 5) is 43.7. The van der Waals surface area contributed by atoms with Gasteiger partial charge in [-0.2, -0.15) is 5.10 Å². The van der Waals surface area contributed by atoms with E-state index in [1.54, 1.807) is 12.1 Å². The van der Waals surface area contributed by atoms with Gasteiger partial charge in [0.2, 0.25) is 5.91 Å². The van der Waals surface area contributed by atoms with E-state index in [-0.39, 0.29) is 11.4 Å². The number of carbonyl (C=O) groups is 1. The number of halogens is 1. The lowest BCUT2D eigenvalue weighted by molar-refractivity contribution is -0.118. The van der Waals surface area contributed by atoms with E-state index in [2.05, 4.69) is 46.7 Å². The SMILES string of the molecule is O=C1Nc2ccc(Br)cc2C12c1c(n[nH]c1-c1ccccc1)Nc1[nH]c(=O)[nH]c(=O)c12. The fraction of sp³-hybridized carbons (Fsp3) is 0.0476. The highest BCUT2D eigenvalue weighted by molar-refractivity contribution is 9.10. The van der Waals surface area contributed by atoms with Crippen LogP contribution in [0.4, 0.5) is 17.3 Å². The highest BCUT2D eigenvalue weighted by Crippen LogP contribution is 2.55. The van der Waals surface area contributed by atoms with Crippen LogP contribution in [0.1, 0.15) is 16.7 Å². The summed E-state index contributed by atoms with van der Waals surface area (Å²) in [6.45, 7) is 0. The molecule has 152 valence electrons. The predicted molar refractivity (Wildman–Crippen MR) is 118 cm³/mol. The van der Waals surface area contributed by atoms with Crippen LogP contribution in [0.2, 0.25) is 0 Å². The summed E-state index contributed by atoms with van der Waals surface area (Å²) in [5, 5.41) is 13.3. The Balaban J connectivity index is 1.81. The Labute approximate surface area is 182 Å². The molecule has 31 heavy (non-hydrogen) atoms. The minimum absolute atomic E-state index is 0.104. The number of amides is 1. The summed E-state index contributed by atoms with van der Waals surface area (Å²) in [5.74, 6) is 0.0895. The molecule has 4 aromatic rings. The molecule has 2 aromatic heterocycles. The maximum absolute atomic E-state index is 13.7. The molecule has 10 heteroatoms. The van der Waals surface area contributed by atoms with Crippen molar-refractivity contribution in [2.45, 2.75) is 5.41 Å². The number of fused-ring (bicyclic) bond motifs is 6. The highest BCUT2D eigenvalue weighted by atomic mass is 79.9. The lowest BCUT2D eigenvalue weighted by Gasteiger charge is -2.33.